The van der Waals surface area contributed by atoms with Crippen molar-refractivity contribution in [2.24, 2.45) is 5.92 Å². The van der Waals surface area contributed by atoms with Gasteiger partial charge in [0.1, 0.15) is 5.01 Å². The topological polar surface area (TPSA) is 24.9 Å². The van der Waals surface area contributed by atoms with Gasteiger partial charge in [0.25, 0.3) is 0 Å². The summed E-state index contributed by atoms with van der Waals surface area (Å²) in [5.74, 6) is 0.982. The van der Waals surface area contributed by atoms with Crippen molar-refractivity contribution in [1.82, 2.24) is 10.3 Å². The zero-order valence-corrected chi connectivity index (χ0v) is 11.9. The maximum atomic E-state index is 4.55. The number of thiazole rings is 1. The van der Waals surface area contributed by atoms with E-state index in [0.29, 0.717) is 0 Å². The Morgan fingerprint density at radius 2 is 2.00 bits per heavy atom. The first-order chi connectivity index (χ1) is 8.25. The van der Waals surface area contributed by atoms with Crippen LogP contribution in [0.4, 0.5) is 0 Å². The minimum atomic E-state index is 0.950. The third-order valence-corrected chi connectivity index (χ3v) is 4.88. The lowest BCUT2D eigenvalue weighted by Gasteiger charge is -2.21. The average Bonchev–Trinajstić information content (AvgIpc) is 2.66. The van der Waals surface area contributed by atoms with Crippen LogP contribution in [0.2, 0.25) is 0 Å². The van der Waals surface area contributed by atoms with Crippen LogP contribution in [-0.4, -0.2) is 11.5 Å². The van der Waals surface area contributed by atoms with E-state index in [-0.39, 0.29) is 0 Å². The second kappa shape index (κ2) is 6.50. The van der Waals surface area contributed by atoms with E-state index in [1.165, 1.54) is 54.1 Å². The van der Waals surface area contributed by atoms with E-state index >= 15 is 0 Å². The van der Waals surface area contributed by atoms with E-state index in [0.717, 1.165) is 19.0 Å². The molecule has 1 aromatic heterocycles. The van der Waals surface area contributed by atoms with Crippen molar-refractivity contribution < 1.29 is 0 Å². The fourth-order valence-corrected chi connectivity index (χ4v) is 3.50. The van der Waals surface area contributed by atoms with Gasteiger partial charge in [0, 0.05) is 11.4 Å². The number of hydrogen-bond donors (Lipinski definition) is 1. The van der Waals surface area contributed by atoms with Crippen LogP contribution in [0, 0.1) is 19.8 Å². The summed E-state index contributed by atoms with van der Waals surface area (Å²) in [4.78, 5) is 5.91. The summed E-state index contributed by atoms with van der Waals surface area (Å²) in [5, 5.41) is 4.78. The van der Waals surface area contributed by atoms with E-state index in [4.69, 9.17) is 0 Å². The maximum Gasteiger partial charge on any atom is 0.107 e. The molecule has 0 radical (unpaired) electrons. The minimum absolute atomic E-state index is 0.950. The Balaban J connectivity index is 1.62. The first-order valence-electron chi connectivity index (χ1n) is 6.89. The van der Waals surface area contributed by atoms with Crippen molar-refractivity contribution in [3.05, 3.63) is 15.6 Å². The largest absolute Gasteiger partial charge is 0.310 e. The van der Waals surface area contributed by atoms with E-state index < -0.39 is 0 Å². The zero-order chi connectivity index (χ0) is 12.1. The second-order valence-electron chi connectivity index (χ2n) is 5.22. The third kappa shape index (κ3) is 4.07. The highest BCUT2D eigenvalue weighted by Gasteiger charge is 2.12. The van der Waals surface area contributed by atoms with Crippen LogP contribution in [0.1, 0.15) is 54.1 Å². The van der Waals surface area contributed by atoms with Gasteiger partial charge in [-0.05, 0) is 32.7 Å². The Morgan fingerprint density at radius 1 is 1.24 bits per heavy atom. The Bertz CT molecular complexity index is 320. The molecule has 0 unspecified atom stereocenters. The van der Waals surface area contributed by atoms with Gasteiger partial charge in [-0.2, -0.15) is 0 Å². The Morgan fingerprint density at radius 3 is 2.65 bits per heavy atom. The number of aromatic nitrogens is 1. The number of aryl methyl sites for hydroxylation is 2. The molecule has 0 bridgehead atoms. The molecule has 0 atom stereocenters. The molecule has 17 heavy (non-hydrogen) atoms. The standard InChI is InChI=1S/C14H24N2S/c1-11-12(2)17-14(16-11)10-15-9-8-13-6-4-3-5-7-13/h13,15H,3-10H2,1-2H3. The van der Waals surface area contributed by atoms with E-state index in [1.807, 2.05) is 11.3 Å². The van der Waals surface area contributed by atoms with Crippen LogP contribution in [-0.2, 0) is 6.54 Å². The molecule has 1 N–H and O–H groups in total. The lowest BCUT2D eigenvalue weighted by Crippen LogP contribution is -2.19. The maximum absolute atomic E-state index is 4.55. The van der Waals surface area contributed by atoms with Gasteiger partial charge in [-0.15, -0.1) is 11.3 Å². The molecule has 0 amide bonds. The molecule has 2 rings (SSSR count). The summed E-state index contributed by atoms with van der Waals surface area (Å²) in [7, 11) is 0. The van der Waals surface area contributed by atoms with Crippen molar-refractivity contribution in [2.45, 2.75) is 58.9 Å². The number of nitrogens with zero attached hydrogens (tertiary/aromatic N) is 1. The van der Waals surface area contributed by atoms with E-state index in [2.05, 4.69) is 24.1 Å². The SMILES string of the molecule is Cc1nc(CNCCC2CCCCC2)sc1C. The lowest BCUT2D eigenvalue weighted by atomic mass is 9.87. The molecule has 0 aliphatic heterocycles. The molecule has 0 spiro atoms. The van der Waals surface area contributed by atoms with Crippen LogP contribution in [0.25, 0.3) is 0 Å². The summed E-state index contributed by atoms with van der Waals surface area (Å²) in [6, 6.07) is 0. The monoisotopic (exact) mass is 252 g/mol. The molecule has 1 aromatic rings. The molecule has 1 heterocycles. The number of rotatable bonds is 5. The zero-order valence-electron chi connectivity index (χ0n) is 11.1. The van der Waals surface area contributed by atoms with Crippen molar-refractivity contribution in [3.8, 4) is 0 Å². The van der Waals surface area contributed by atoms with Gasteiger partial charge in [0.05, 0.1) is 5.69 Å². The molecule has 0 saturated heterocycles. The van der Waals surface area contributed by atoms with Gasteiger partial charge >= 0.3 is 0 Å². The fourth-order valence-electron chi connectivity index (χ4n) is 2.59. The summed E-state index contributed by atoms with van der Waals surface area (Å²) >= 11 is 1.83. The Labute approximate surface area is 109 Å². The van der Waals surface area contributed by atoms with Gasteiger partial charge in [-0.3, -0.25) is 0 Å². The van der Waals surface area contributed by atoms with Gasteiger partial charge in [-0.1, -0.05) is 32.1 Å². The smallest absolute Gasteiger partial charge is 0.107 e. The van der Waals surface area contributed by atoms with Crippen LogP contribution >= 0.6 is 11.3 Å². The van der Waals surface area contributed by atoms with Crippen LogP contribution in [0.15, 0.2) is 0 Å². The average molecular weight is 252 g/mol. The summed E-state index contributed by atoms with van der Waals surface area (Å²) < 4.78 is 0. The van der Waals surface area contributed by atoms with Crippen molar-refractivity contribution in [2.75, 3.05) is 6.54 Å². The first kappa shape index (κ1) is 13.0. The van der Waals surface area contributed by atoms with Gasteiger partial charge in [0.15, 0.2) is 0 Å². The molecule has 0 aromatic carbocycles. The third-order valence-electron chi connectivity index (χ3n) is 3.80. The summed E-state index contributed by atoms with van der Waals surface area (Å²) in [6.07, 6.45) is 8.63. The van der Waals surface area contributed by atoms with E-state index in [1.54, 1.807) is 0 Å². The minimum Gasteiger partial charge on any atom is -0.310 e. The fraction of sp³-hybridized carbons (Fsp3) is 0.786. The van der Waals surface area contributed by atoms with Crippen LogP contribution in [0.3, 0.4) is 0 Å². The molecule has 1 fully saturated rings. The lowest BCUT2D eigenvalue weighted by molar-refractivity contribution is 0.334. The quantitative estimate of drug-likeness (QED) is 0.806. The Hall–Kier alpha value is -0.410. The predicted octanol–water partition coefficient (Wildman–Crippen LogP) is 3.82. The van der Waals surface area contributed by atoms with Gasteiger partial charge in [0.2, 0.25) is 0 Å². The van der Waals surface area contributed by atoms with Crippen LogP contribution < -0.4 is 5.32 Å². The van der Waals surface area contributed by atoms with Crippen LogP contribution in [0.5, 0.6) is 0 Å². The first-order valence-corrected chi connectivity index (χ1v) is 7.71. The van der Waals surface area contributed by atoms with Crippen molar-refractivity contribution in [1.29, 1.82) is 0 Å². The summed E-state index contributed by atoms with van der Waals surface area (Å²) in [5.41, 5.74) is 1.19. The summed E-state index contributed by atoms with van der Waals surface area (Å²) in [6.45, 7) is 6.35. The Kier molecular flexibility index (Phi) is 4.99. The normalized spacial score (nSPS) is 17.5. The van der Waals surface area contributed by atoms with Crippen molar-refractivity contribution in [3.63, 3.8) is 0 Å². The number of nitrogens with one attached hydrogen (secondary N) is 1. The highest BCUT2D eigenvalue weighted by Crippen LogP contribution is 2.25. The van der Waals surface area contributed by atoms with Crippen molar-refractivity contribution >= 4 is 11.3 Å². The molecule has 2 nitrogen and oxygen atoms in total. The van der Waals surface area contributed by atoms with E-state index in [9.17, 15) is 0 Å². The molecule has 1 aliphatic carbocycles. The van der Waals surface area contributed by atoms with Gasteiger partial charge in [-0.25, -0.2) is 4.98 Å². The molecule has 1 aliphatic rings. The molecular formula is C14H24N2S. The van der Waals surface area contributed by atoms with Gasteiger partial charge < -0.3 is 5.32 Å². The molecule has 96 valence electrons. The highest BCUT2D eigenvalue weighted by atomic mass is 32.1. The second-order valence-corrected chi connectivity index (χ2v) is 6.51. The molecular weight excluding hydrogens is 228 g/mol. The highest BCUT2D eigenvalue weighted by molar-refractivity contribution is 7.11. The predicted molar refractivity (Wildman–Crippen MR) is 74.5 cm³/mol. The molecule has 1 saturated carbocycles. The molecule has 3 heteroatoms. The number of hydrogen-bond acceptors (Lipinski definition) is 3.